The Labute approximate surface area is 352 Å². The van der Waals surface area contributed by atoms with E-state index in [2.05, 4.69) is 205 Å². The average molecular weight is 945 g/mol. The molecule has 316 valence electrons. The molecule has 0 atom stereocenters. The van der Waals surface area contributed by atoms with Gasteiger partial charge in [0.05, 0.1) is 7.59 Å². The zero-order chi connectivity index (χ0) is 43.4. The first-order valence-corrected chi connectivity index (χ1v) is 61.0. The molecule has 0 aliphatic carbocycles. The molecule has 0 aromatic rings. The van der Waals surface area contributed by atoms with Gasteiger partial charge in [0.2, 0.25) is 0 Å². The Morgan fingerprint density at radius 2 is 0.574 bits per heavy atom. The van der Waals surface area contributed by atoms with E-state index in [1.165, 1.54) is 0 Å². The molecule has 15 heteroatoms. The van der Waals surface area contributed by atoms with Gasteiger partial charge in [-0.1, -0.05) is 210 Å². The summed E-state index contributed by atoms with van der Waals surface area (Å²) in [5.74, 6) is 2.96. The molecule has 0 N–H and O–H groups in total. The van der Waals surface area contributed by atoms with Gasteiger partial charge in [-0.15, -0.1) is 0 Å². The predicted molar refractivity (Wildman–Crippen MR) is 290 cm³/mol. The van der Waals surface area contributed by atoms with E-state index in [0.29, 0.717) is 11.1 Å². The number of hydrogen-bond donors (Lipinski definition) is 0. The monoisotopic (exact) mass is 943 g/mol. The second-order valence-corrected chi connectivity index (χ2v) is 101. The third-order valence-corrected chi connectivity index (χ3v) is 122. The quantitative estimate of drug-likeness (QED) is 0.138. The van der Waals surface area contributed by atoms with Crippen molar-refractivity contribution in [2.45, 2.75) is 229 Å². The lowest BCUT2D eigenvalue weighted by Gasteiger charge is -2.70. The first-order valence-electron chi connectivity index (χ1n) is 22.0. The van der Waals surface area contributed by atoms with Crippen LogP contribution in [0.4, 0.5) is 0 Å². The fraction of sp³-hybridized carbons (Fsp3) is 0.923. The van der Waals surface area contributed by atoms with Gasteiger partial charge in [0.1, 0.15) is 7.59 Å². The molecule has 0 unspecified atom stereocenters. The SMILES string of the molecule is CC1=N[Si]2([Si](C(C)C)(C([Si](C)(C)C)[Si](C)(C)C)C([Si](C)(C)C)[Si](C)(C)C)N=C[Si]1([Si](C(C)C)(C([Si](C)(C)C)[Si](C)(C)C)C([Si](C)(C)C)[Si](C)(C)C)C(C)=N2. The molecule has 0 aromatic carbocycles. The van der Waals surface area contributed by atoms with Gasteiger partial charge in [-0.2, -0.15) is 0 Å². The molecule has 54 heavy (non-hydrogen) atoms. The van der Waals surface area contributed by atoms with Gasteiger partial charge in [0.15, 0.2) is 7.59 Å². The Bertz CT molecular complexity index is 1320. The van der Waals surface area contributed by atoms with E-state index in [9.17, 15) is 0 Å². The van der Waals surface area contributed by atoms with Crippen molar-refractivity contribution in [3.05, 3.63) is 0 Å². The topological polar surface area (TPSA) is 37.1 Å². The van der Waals surface area contributed by atoms with Gasteiger partial charge in [-0.3, -0.25) is 14.0 Å². The average Bonchev–Trinajstić information content (AvgIpc) is 2.80. The minimum absolute atomic E-state index is 0.633. The van der Waals surface area contributed by atoms with Crippen molar-refractivity contribution in [3.8, 4) is 0 Å². The van der Waals surface area contributed by atoms with E-state index < -0.39 is 95.4 Å². The van der Waals surface area contributed by atoms with Gasteiger partial charge >= 0.3 is 8.08 Å². The van der Waals surface area contributed by atoms with Crippen molar-refractivity contribution >= 4 is 112 Å². The van der Waals surface area contributed by atoms with Crippen LogP contribution < -0.4 is 0 Å². The normalized spacial score (nSPS) is 23.2. The largest absolute Gasteiger partial charge is 0.407 e. The van der Waals surface area contributed by atoms with Crippen LogP contribution in [0, 0.1) is 0 Å². The van der Waals surface area contributed by atoms with E-state index >= 15 is 0 Å². The molecule has 0 aromatic heterocycles. The smallest absolute Gasteiger partial charge is 0.295 e. The van der Waals surface area contributed by atoms with Crippen molar-refractivity contribution < 1.29 is 0 Å². The summed E-state index contributed by atoms with van der Waals surface area (Å²) >= 11 is 0. The Morgan fingerprint density at radius 1 is 0.370 bits per heavy atom. The molecule has 0 saturated carbocycles. The Morgan fingerprint density at radius 3 is 0.741 bits per heavy atom. The predicted octanol–water partition coefficient (Wildman–Crippen LogP) is 14.4. The van der Waals surface area contributed by atoms with E-state index in [1.807, 2.05) is 0 Å². The summed E-state index contributed by atoms with van der Waals surface area (Å²) in [5, 5.41) is 3.35. The summed E-state index contributed by atoms with van der Waals surface area (Å²) in [6.45, 7) is 83.1. The highest BCUT2D eigenvalue weighted by Gasteiger charge is 2.80. The van der Waals surface area contributed by atoms with Crippen molar-refractivity contribution in [1.82, 2.24) is 0 Å². The number of rotatable bonds is 16. The molecular formula is C39H97N3Si12. The maximum absolute atomic E-state index is 6.71. The Kier molecular flexibility index (Phi) is 14.6. The van der Waals surface area contributed by atoms with Gasteiger partial charge in [-0.05, 0) is 35.9 Å². The van der Waals surface area contributed by atoms with Gasteiger partial charge in [0, 0.05) is 64.6 Å². The second kappa shape index (κ2) is 15.2. The van der Waals surface area contributed by atoms with Crippen LogP contribution in [0.15, 0.2) is 14.0 Å². The minimum Gasteiger partial charge on any atom is -0.295 e. The molecule has 3 rings (SSSR count). The molecule has 0 saturated heterocycles. The lowest BCUT2D eigenvalue weighted by molar-refractivity contribution is 0.977. The van der Waals surface area contributed by atoms with Crippen molar-refractivity contribution in [1.29, 1.82) is 0 Å². The summed E-state index contributed by atoms with van der Waals surface area (Å²) in [5.41, 5.74) is 1.33. The summed E-state index contributed by atoms with van der Waals surface area (Å²) in [6, 6.07) is 0. The highest BCUT2D eigenvalue weighted by molar-refractivity contribution is 7.78. The molecule has 0 amide bonds. The van der Waals surface area contributed by atoms with Crippen LogP contribution in [0.3, 0.4) is 0 Å². The maximum Gasteiger partial charge on any atom is 0.407 e. The van der Waals surface area contributed by atoms with Crippen LogP contribution >= 0.6 is 0 Å². The third-order valence-electron chi connectivity index (χ3n) is 14.2. The third kappa shape index (κ3) is 8.44. The molecule has 3 aliphatic rings. The molecule has 3 aliphatic heterocycles. The fourth-order valence-electron chi connectivity index (χ4n) is 16.7. The molecule has 2 bridgehead atoms. The van der Waals surface area contributed by atoms with Crippen LogP contribution in [0.2, 0.25) is 187 Å². The number of hydrogen-bond acceptors (Lipinski definition) is 3. The summed E-state index contributed by atoms with van der Waals surface area (Å²) in [4.78, 5) is 3.49. The maximum atomic E-state index is 6.71. The van der Waals surface area contributed by atoms with E-state index in [1.54, 1.807) is 10.7 Å². The summed E-state index contributed by atoms with van der Waals surface area (Å²) in [6.07, 6.45) is 0. The van der Waals surface area contributed by atoms with Gasteiger partial charge in [0.25, 0.3) is 0 Å². The summed E-state index contributed by atoms with van der Waals surface area (Å²) in [7, 11) is -23.6. The van der Waals surface area contributed by atoms with Crippen LogP contribution in [0.1, 0.15) is 41.5 Å². The minimum atomic E-state index is -2.91. The molecule has 0 fully saturated rings. The molecule has 3 heterocycles. The first-order chi connectivity index (χ1) is 23.3. The van der Waals surface area contributed by atoms with Crippen molar-refractivity contribution in [2.24, 2.45) is 14.0 Å². The van der Waals surface area contributed by atoms with Crippen LogP contribution in [-0.4, -0.2) is 112 Å². The molecule has 0 spiro atoms. The number of nitrogens with zero attached hydrogens (tertiary/aromatic N) is 3. The fourth-order valence-corrected chi connectivity index (χ4v) is 201. The summed E-state index contributed by atoms with van der Waals surface area (Å²) < 4.78 is 20.0. The molecule has 0 radical (unpaired) electrons. The zero-order valence-electron chi connectivity index (χ0n) is 42.4. The van der Waals surface area contributed by atoms with E-state index in [4.69, 9.17) is 14.0 Å². The highest BCUT2D eigenvalue weighted by Crippen LogP contribution is 2.65. The van der Waals surface area contributed by atoms with Gasteiger partial charge in [-0.25, -0.2) is 0 Å². The zero-order valence-corrected chi connectivity index (χ0v) is 54.4. The molecule has 3 nitrogen and oxygen atoms in total. The van der Waals surface area contributed by atoms with Crippen LogP contribution in [0.5, 0.6) is 0 Å². The van der Waals surface area contributed by atoms with E-state index in [-0.39, 0.29) is 0 Å². The first kappa shape index (κ1) is 51.8. The van der Waals surface area contributed by atoms with Crippen molar-refractivity contribution in [2.75, 3.05) is 0 Å². The van der Waals surface area contributed by atoms with Crippen molar-refractivity contribution in [3.63, 3.8) is 0 Å². The highest BCUT2D eigenvalue weighted by atomic mass is 29.3. The Hall–Kier alpha value is 1.61. The molecular weight excluding hydrogens is 847 g/mol. The van der Waals surface area contributed by atoms with E-state index in [0.717, 1.165) is 19.2 Å². The Balaban J connectivity index is 3.61. The second-order valence-electron chi connectivity index (χ2n) is 27.9. The van der Waals surface area contributed by atoms with Crippen LogP contribution in [0.25, 0.3) is 0 Å². The lowest BCUT2D eigenvalue weighted by Crippen LogP contribution is -2.90. The lowest BCUT2D eigenvalue weighted by atomic mass is 10.6. The van der Waals surface area contributed by atoms with Gasteiger partial charge < -0.3 is 0 Å². The van der Waals surface area contributed by atoms with Crippen LogP contribution in [-0.2, 0) is 0 Å². The standard InChI is InChI=1S/C39H97N3Si12/c1-32(2)52(36(43(7,8)9)44(10,11)12,37(45(13,14)15)46(16,17)18)51-31-40-54(41-34(51)5,42-35(51)6)53(33(3)4,38(47(19,20)21)48(22,23)24)39(49(25,26)27)50(28,29)30/h31-33,36-39H,1-30H3.